The molecular formula is C14H24N4O3S. The lowest BCUT2D eigenvalue weighted by Gasteiger charge is -2.31. The number of rotatable bonds is 5. The van der Waals surface area contributed by atoms with Crippen LogP contribution in [0.25, 0.3) is 0 Å². The predicted molar refractivity (Wildman–Crippen MR) is 82.7 cm³/mol. The number of piperidine rings is 1. The maximum absolute atomic E-state index is 12.6. The Bertz CT molecular complexity index is 624. The average molecular weight is 328 g/mol. The second-order valence-corrected chi connectivity index (χ2v) is 7.79. The van der Waals surface area contributed by atoms with Crippen molar-refractivity contribution < 1.29 is 13.2 Å². The van der Waals surface area contributed by atoms with Crippen molar-refractivity contribution >= 4 is 15.9 Å². The number of aromatic nitrogens is 2. The van der Waals surface area contributed by atoms with Gasteiger partial charge in [-0.05, 0) is 33.6 Å². The number of nitrogens with one attached hydrogen (secondary N) is 1. The Hall–Kier alpha value is -1.41. The number of imidazole rings is 1. The molecule has 0 radical (unpaired) electrons. The molecule has 2 rings (SSSR count). The SMILES string of the molecule is CCn1cnc(S(=O)(=O)N2CCCC(C(=O)NC(C)C)C2)c1. The van der Waals surface area contributed by atoms with E-state index in [1.807, 2.05) is 20.8 Å². The smallest absolute Gasteiger partial charge is 0.262 e. The zero-order valence-electron chi connectivity index (χ0n) is 13.3. The molecule has 1 aromatic rings. The van der Waals surface area contributed by atoms with Crippen LogP contribution in [0.4, 0.5) is 0 Å². The lowest BCUT2D eigenvalue weighted by molar-refractivity contribution is -0.126. The highest BCUT2D eigenvalue weighted by Crippen LogP contribution is 2.23. The second-order valence-electron chi connectivity index (χ2n) is 5.91. The second kappa shape index (κ2) is 6.78. The van der Waals surface area contributed by atoms with E-state index in [0.29, 0.717) is 25.9 Å². The minimum absolute atomic E-state index is 0.0549. The predicted octanol–water partition coefficient (Wildman–Crippen LogP) is 0.828. The first-order chi connectivity index (χ1) is 10.3. The van der Waals surface area contributed by atoms with Crippen molar-refractivity contribution in [3.63, 3.8) is 0 Å². The molecule has 1 aliphatic rings. The van der Waals surface area contributed by atoms with Crippen LogP contribution >= 0.6 is 0 Å². The highest BCUT2D eigenvalue weighted by Gasteiger charge is 2.34. The van der Waals surface area contributed by atoms with Gasteiger partial charge < -0.3 is 9.88 Å². The fraction of sp³-hybridized carbons (Fsp3) is 0.714. The zero-order chi connectivity index (χ0) is 16.3. The van der Waals surface area contributed by atoms with E-state index in [0.717, 1.165) is 0 Å². The molecule has 0 aromatic carbocycles. The van der Waals surface area contributed by atoms with Gasteiger partial charge in [-0.2, -0.15) is 4.31 Å². The summed E-state index contributed by atoms with van der Waals surface area (Å²) in [7, 11) is -3.62. The quantitative estimate of drug-likeness (QED) is 0.867. The number of carbonyl (C=O) groups is 1. The summed E-state index contributed by atoms with van der Waals surface area (Å²) in [4.78, 5) is 16.1. The van der Waals surface area contributed by atoms with E-state index in [2.05, 4.69) is 10.3 Å². The van der Waals surface area contributed by atoms with E-state index < -0.39 is 10.0 Å². The van der Waals surface area contributed by atoms with Crippen LogP contribution in [-0.2, 0) is 21.4 Å². The Labute approximate surface area is 131 Å². The van der Waals surface area contributed by atoms with Gasteiger partial charge in [0, 0.05) is 31.9 Å². The van der Waals surface area contributed by atoms with Crippen molar-refractivity contribution in [3.8, 4) is 0 Å². The van der Waals surface area contributed by atoms with Gasteiger partial charge in [0.05, 0.1) is 12.2 Å². The van der Waals surface area contributed by atoms with Crippen LogP contribution in [0.15, 0.2) is 17.6 Å². The summed E-state index contributed by atoms with van der Waals surface area (Å²) in [6, 6.07) is 0.0553. The molecule has 1 fully saturated rings. The molecule has 1 atom stereocenters. The molecular weight excluding hydrogens is 304 g/mol. The summed E-state index contributed by atoms with van der Waals surface area (Å²) in [6.45, 7) is 7.04. The van der Waals surface area contributed by atoms with Gasteiger partial charge >= 0.3 is 0 Å². The van der Waals surface area contributed by atoms with Gasteiger partial charge in [0.15, 0.2) is 5.03 Å². The first-order valence-electron chi connectivity index (χ1n) is 7.67. The molecule has 1 amide bonds. The fourth-order valence-corrected chi connectivity index (χ4v) is 4.01. The summed E-state index contributed by atoms with van der Waals surface area (Å²) in [5, 5.41) is 2.91. The largest absolute Gasteiger partial charge is 0.354 e. The molecule has 2 heterocycles. The summed E-state index contributed by atoms with van der Waals surface area (Å²) in [6.07, 6.45) is 4.45. The van der Waals surface area contributed by atoms with Crippen LogP contribution in [0.1, 0.15) is 33.6 Å². The molecule has 1 N–H and O–H groups in total. The Kier molecular flexibility index (Phi) is 5.23. The zero-order valence-corrected chi connectivity index (χ0v) is 14.1. The van der Waals surface area contributed by atoms with Crippen molar-refractivity contribution in [1.82, 2.24) is 19.2 Å². The third kappa shape index (κ3) is 3.67. The van der Waals surface area contributed by atoms with Gasteiger partial charge in [0.25, 0.3) is 10.0 Å². The van der Waals surface area contributed by atoms with Gasteiger partial charge in [-0.1, -0.05) is 0 Å². The molecule has 1 saturated heterocycles. The molecule has 0 spiro atoms. The third-order valence-electron chi connectivity index (χ3n) is 3.76. The molecule has 1 aliphatic heterocycles. The molecule has 8 heteroatoms. The molecule has 7 nitrogen and oxygen atoms in total. The van der Waals surface area contributed by atoms with E-state index in [1.54, 1.807) is 4.57 Å². The standard InChI is InChI=1S/C14H24N4O3S/c1-4-17-9-13(15-10-17)22(20,21)18-7-5-6-12(8-18)14(19)16-11(2)3/h9-12H,4-8H2,1-3H3,(H,16,19). The van der Waals surface area contributed by atoms with Gasteiger partial charge in [-0.25, -0.2) is 13.4 Å². The molecule has 22 heavy (non-hydrogen) atoms. The molecule has 1 unspecified atom stereocenters. The van der Waals surface area contributed by atoms with Crippen molar-refractivity contribution in [2.75, 3.05) is 13.1 Å². The Morgan fingerprint density at radius 3 is 2.82 bits per heavy atom. The van der Waals surface area contributed by atoms with Crippen LogP contribution in [0.3, 0.4) is 0 Å². The molecule has 0 bridgehead atoms. The number of nitrogens with zero attached hydrogens (tertiary/aromatic N) is 3. The number of carbonyl (C=O) groups excluding carboxylic acids is 1. The number of hydrogen-bond donors (Lipinski definition) is 1. The monoisotopic (exact) mass is 328 g/mol. The number of hydrogen-bond acceptors (Lipinski definition) is 4. The van der Waals surface area contributed by atoms with Gasteiger partial charge in [-0.15, -0.1) is 0 Å². The highest BCUT2D eigenvalue weighted by atomic mass is 32.2. The van der Waals surface area contributed by atoms with E-state index >= 15 is 0 Å². The third-order valence-corrected chi connectivity index (χ3v) is 5.52. The number of sulfonamides is 1. The van der Waals surface area contributed by atoms with E-state index in [-0.39, 0.29) is 29.4 Å². The number of aryl methyl sites for hydroxylation is 1. The van der Waals surface area contributed by atoms with Crippen LogP contribution < -0.4 is 5.32 Å². The Morgan fingerprint density at radius 1 is 1.50 bits per heavy atom. The topological polar surface area (TPSA) is 84.3 Å². The summed E-state index contributed by atoms with van der Waals surface area (Å²) in [5.74, 6) is -0.367. The first-order valence-corrected chi connectivity index (χ1v) is 9.11. The lowest BCUT2D eigenvalue weighted by Crippen LogP contribution is -2.46. The molecule has 1 aromatic heterocycles. The normalized spacial score (nSPS) is 20.3. The lowest BCUT2D eigenvalue weighted by atomic mass is 9.98. The minimum atomic E-state index is -3.62. The number of amides is 1. The van der Waals surface area contributed by atoms with Crippen molar-refractivity contribution in [3.05, 3.63) is 12.5 Å². The molecule has 0 aliphatic carbocycles. The summed E-state index contributed by atoms with van der Waals surface area (Å²) in [5.41, 5.74) is 0. The van der Waals surface area contributed by atoms with Crippen molar-refractivity contribution in [2.45, 2.75) is 51.2 Å². The molecule has 124 valence electrons. The fourth-order valence-electron chi connectivity index (χ4n) is 2.56. The van der Waals surface area contributed by atoms with Gasteiger partial charge in [0.2, 0.25) is 5.91 Å². The maximum atomic E-state index is 12.6. The average Bonchev–Trinajstić information content (AvgIpc) is 2.96. The Balaban J connectivity index is 2.12. The van der Waals surface area contributed by atoms with Crippen molar-refractivity contribution in [2.24, 2.45) is 5.92 Å². The minimum Gasteiger partial charge on any atom is -0.354 e. The highest BCUT2D eigenvalue weighted by molar-refractivity contribution is 7.89. The van der Waals surface area contributed by atoms with E-state index in [4.69, 9.17) is 0 Å². The molecule has 0 saturated carbocycles. The van der Waals surface area contributed by atoms with Crippen molar-refractivity contribution in [1.29, 1.82) is 0 Å². The summed E-state index contributed by atoms with van der Waals surface area (Å²) >= 11 is 0. The summed E-state index contributed by atoms with van der Waals surface area (Å²) < 4.78 is 28.4. The van der Waals surface area contributed by atoms with E-state index in [9.17, 15) is 13.2 Å². The van der Waals surface area contributed by atoms with Crippen LogP contribution in [0.2, 0.25) is 0 Å². The van der Waals surface area contributed by atoms with Crippen LogP contribution in [0, 0.1) is 5.92 Å². The van der Waals surface area contributed by atoms with E-state index in [1.165, 1.54) is 16.8 Å². The van der Waals surface area contributed by atoms with Gasteiger partial charge in [0.1, 0.15) is 0 Å². The Morgan fingerprint density at radius 2 is 2.23 bits per heavy atom. The van der Waals surface area contributed by atoms with Crippen LogP contribution in [0.5, 0.6) is 0 Å². The maximum Gasteiger partial charge on any atom is 0.262 e. The van der Waals surface area contributed by atoms with Crippen LogP contribution in [-0.4, -0.2) is 47.3 Å². The first kappa shape index (κ1) is 17.0. The van der Waals surface area contributed by atoms with Gasteiger partial charge in [-0.3, -0.25) is 4.79 Å².